The molecule has 0 bridgehead atoms. The van der Waals surface area contributed by atoms with Gasteiger partial charge >= 0.3 is 0 Å². The summed E-state index contributed by atoms with van der Waals surface area (Å²) in [6.07, 6.45) is 2.10. The second kappa shape index (κ2) is 5.70. The molecule has 2 aromatic rings. The molecule has 1 unspecified atom stereocenters. The first-order chi connectivity index (χ1) is 9.02. The third kappa shape index (κ3) is 2.95. The average Bonchev–Trinajstić information content (AvgIpc) is 2.65. The largest absolute Gasteiger partial charge is 0.376 e. The van der Waals surface area contributed by atoms with Crippen molar-refractivity contribution in [3.8, 4) is 0 Å². The molecule has 0 radical (unpaired) electrons. The number of aromatic nitrogens is 2. The Kier molecular flexibility index (Phi) is 4.20. The molecule has 102 valence electrons. The highest BCUT2D eigenvalue weighted by Crippen LogP contribution is 2.25. The molecular formula is C15H21N3S. The fourth-order valence-corrected chi connectivity index (χ4v) is 2.58. The van der Waals surface area contributed by atoms with E-state index in [1.165, 1.54) is 16.2 Å². The van der Waals surface area contributed by atoms with Crippen LogP contribution in [-0.4, -0.2) is 16.0 Å². The van der Waals surface area contributed by atoms with Gasteiger partial charge in [0.25, 0.3) is 0 Å². The first-order valence-corrected chi connectivity index (χ1v) is 7.66. The highest BCUT2D eigenvalue weighted by atomic mass is 32.2. The molecule has 0 saturated carbocycles. The molecule has 2 rings (SSSR count). The molecule has 1 heterocycles. The summed E-state index contributed by atoms with van der Waals surface area (Å²) in [7, 11) is 1.98. The van der Waals surface area contributed by atoms with E-state index in [1.54, 1.807) is 11.8 Å². The van der Waals surface area contributed by atoms with Gasteiger partial charge in [0.2, 0.25) is 0 Å². The van der Waals surface area contributed by atoms with Crippen LogP contribution in [0.4, 0.5) is 5.69 Å². The Morgan fingerprint density at radius 2 is 1.84 bits per heavy atom. The first-order valence-electron chi connectivity index (χ1n) is 6.43. The van der Waals surface area contributed by atoms with Crippen molar-refractivity contribution >= 4 is 17.4 Å². The van der Waals surface area contributed by atoms with Crippen molar-refractivity contribution in [2.45, 2.75) is 31.7 Å². The van der Waals surface area contributed by atoms with Gasteiger partial charge in [-0.15, -0.1) is 11.8 Å². The number of nitrogens with zero attached hydrogens (tertiary/aromatic N) is 2. The predicted molar refractivity (Wildman–Crippen MR) is 82.9 cm³/mol. The molecule has 0 amide bonds. The zero-order chi connectivity index (χ0) is 14.0. The van der Waals surface area contributed by atoms with Crippen LogP contribution in [0.15, 0.2) is 29.2 Å². The summed E-state index contributed by atoms with van der Waals surface area (Å²) in [6.45, 7) is 6.31. The van der Waals surface area contributed by atoms with Gasteiger partial charge in [0, 0.05) is 18.0 Å². The summed E-state index contributed by atoms with van der Waals surface area (Å²) in [6, 6.07) is 8.98. The minimum Gasteiger partial charge on any atom is -0.376 e. The van der Waals surface area contributed by atoms with Crippen molar-refractivity contribution in [1.29, 1.82) is 0 Å². The van der Waals surface area contributed by atoms with E-state index in [1.807, 2.05) is 18.7 Å². The van der Waals surface area contributed by atoms with Crippen molar-refractivity contribution in [3.63, 3.8) is 0 Å². The topological polar surface area (TPSA) is 29.9 Å². The van der Waals surface area contributed by atoms with Crippen LogP contribution in [0.3, 0.4) is 0 Å². The van der Waals surface area contributed by atoms with Crippen LogP contribution in [0.25, 0.3) is 0 Å². The normalized spacial score (nSPS) is 12.5. The Balaban J connectivity index is 2.17. The number of thioether (sulfide) groups is 1. The van der Waals surface area contributed by atoms with Crippen molar-refractivity contribution < 1.29 is 0 Å². The number of benzene rings is 1. The molecule has 0 aliphatic heterocycles. The molecule has 0 saturated heterocycles. The molecule has 0 aliphatic rings. The van der Waals surface area contributed by atoms with Gasteiger partial charge in [-0.1, -0.05) is 12.1 Å². The second-order valence-corrected chi connectivity index (χ2v) is 5.69. The summed E-state index contributed by atoms with van der Waals surface area (Å²) in [5, 5.41) is 8.00. The van der Waals surface area contributed by atoms with Crippen LogP contribution in [0.2, 0.25) is 0 Å². The molecular weight excluding hydrogens is 254 g/mol. The van der Waals surface area contributed by atoms with Crippen LogP contribution in [-0.2, 0) is 7.05 Å². The quantitative estimate of drug-likeness (QED) is 0.857. The van der Waals surface area contributed by atoms with Gasteiger partial charge in [-0.25, -0.2) is 0 Å². The number of hydrogen-bond donors (Lipinski definition) is 1. The maximum atomic E-state index is 4.44. The van der Waals surface area contributed by atoms with Gasteiger partial charge in [-0.3, -0.25) is 4.68 Å². The fourth-order valence-electron chi connectivity index (χ4n) is 2.17. The van der Waals surface area contributed by atoms with E-state index in [-0.39, 0.29) is 6.04 Å². The Labute approximate surface area is 119 Å². The molecule has 1 aromatic carbocycles. The van der Waals surface area contributed by atoms with Gasteiger partial charge in [-0.05, 0) is 44.7 Å². The van der Waals surface area contributed by atoms with E-state index in [2.05, 4.69) is 54.8 Å². The monoisotopic (exact) mass is 275 g/mol. The number of rotatable bonds is 4. The lowest BCUT2D eigenvalue weighted by Crippen LogP contribution is -2.08. The second-order valence-electron chi connectivity index (χ2n) is 4.81. The zero-order valence-corrected chi connectivity index (χ0v) is 13.0. The van der Waals surface area contributed by atoms with Gasteiger partial charge in [0.1, 0.15) is 0 Å². The molecule has 1 aromatic heterocycles. The minimum absolute atomic E-state index is 0.275. The van der Waals surface area contributed by atoms with Gasteiger partial charge in [-0.2, -0.15) is 5.10 Å². The predicted octanol–water partition coefficient (Wildman–Crippen LogP) is 3.93. The van der Waals surface area contributed by atoms with Crippen LogP contribution in [0.5, 0.6) is 0 Å². The number of nitrogens with one attached hydrogen (secondary N) is 1. The van der Waals surface area contributed by atoms with E-state index >= 15 is 0 Å². The Morgan fingerprint density at radius 1 is 1.21 bits per heavy atom. The Hall–Kier alpha value is -1.42. The summed E-state index contributed by atoms with van der Waals surface area (Å²) in [5.74, 6) is 0. The van der Waals surface area contributed by atoms with Crippen LogP contribution < -0.4 is 5.32 Å². The van der Waals surface area contributed by atoms with E-state index in [9.17, 15) is 0 Å². The lowest BCUT2D eigenvalue weighted by Gasteiger charge is -2.16. The number of aryl methyl sites for hydroxylation is 2. The van der Waals surface area contributed by atoms with Crippen molar-refractivity contribution in [2.24, 2.45) is 7.05 Å². The summed E-state index contributed by atoms with van der Waals surface area (Å²) < 4.78 is 1.92. The Morgan fingerprint density at radius 3 is 2.32 bits per heavy atom. The molecule has 19 heavy (non-hydrogen) atoms. The van der Waals surface area contributed by atoms with E-state index in [4.69, 9.17) is 0 Å². The summed E-state index contributed by atoms with van der Waals surface area (Å²) in [4.78, 5) is 1.30. The standard InChI is InChI=1S/C15H21N3S/c1-10(13-6-8-14(19-5)9-7-13)16-15-11(2)17-18(4)12(15)3/h6-10,16H,1-5H3. The smallest absolute Gasteiger partial charge is 0.0828 e. The van der Waals surface area contributed by atoms with Gasteiger partial charge in [0.15, 0.2) is 0 Å². The highest BCUT2D eigenvalue weighted by Gasteiger charge is 2.12. The number of anilines is 1. The lowest BCUT2D eigenvalue weighted by atomic mass is 10.1. The maximum absolute atomic E-state index is 4.44. The third-order valence-electron chi connectivity index (χ3n) is 3.49. The first kappa shape index (κ1) is 14.0. The lowest BCUT2D eigenvalue weighted by molar-refractivity contribution is 0.731. The van der Waals surface area contributed by atoms with E-state index in [0.29, 0.717) is 0 Å². The fraction of sp³-hybridized carbons (Fsp3) is 0.400. The van der Waals surface area contributed by atoms with Crippen LogP contribution in [0.1, 0.15) is 29.9 Å². The SMILES string of the molecule is CSc1ccc(C(C)Nc2c(C)nn(C)c2C)cc1. The number of hydrogen-bond acceptors (Lipinski definition) is 3. The maximum Gasteiger partial charge on any atom is 0.0828 e. The Bertz CT molecular complexity index is 558. The molecule has 3 nitrogen and oxygen atoms in total. The molecule has 0 aliphatic carbocycles. The van der Waals surface area contributed by atoms with Gasteiger partial charge < -0.3 is 5.32 Å². The molecule has 1 N–H and O–H groups in total. The molecule has 4 heteroatoms. The van der Waals surface area contributed by atoms with E-state index in [0.717, 1.165) is 11.4 Å². The van der Waals surface area contributed by atoms with Crippen molar-refractivity contribution in [2.75, 3.05) is 11.6 Å². The third-order valence-corrected chi connectivity index (χ3v) is 4.23. The van der Waals surface area contributed by atoms with Crippen LogP contribution >= 0.6 is 11.8 Å². The minimum atomic E-state index is 0.275. The van der Waals surface area contributed by atoms with E-state index < -0.39 is 0 Å². The van der Waals surface area contributed by atoms with Crippen molar-refractivity contribution in [1.82, 2.24) is 9.78 Å². The summed E-state index contributed by atoms with van der Waals surface area (Å²) in [5.41, 5.74) is 4.65. The molecule has 0 fully saturated rings. The molecule has 0 spiro atoms. The molecule has 1 atom stereocenters. The van der Waals surface area contributed by atoms with Gasteiger partial charge in [0.05, 0.1) is 17.1 Å². The van der Waals surface area contributed by atoms with Crippen LogP contribution in [0, 0.1) is 13.8 Å². The zero-order valence-electron chi connectivity index (χ0n) is 12.2. The summed E-state index contributed by atoms with van der Waals surface area (Å²) >= 11 is 1.77. The average molecular weight is 275 g/mol. The highest BCUT2D eigenvalue weighted by molar-refractivity contribution is 7.98. The van der Waals surface area contributed by atoms with Crippen molar-refractivity contribution in [3.05, 3.63) is 41.2 Å².